The Morgan fingerprint density at radius 3 is 2.48 bits per heavy atom. The molecule has 0 spiro atoms. The summed E-state index contributed by atoms with van der Waals surface area (Å²) in [6.07, 6.45) is -1.42. The molecule has 0 aliphatic rings. The smallest absolute Gasteiger partial charge is 0.406 e. The van der Waals surface area contributed by atoms with Gasteiger partial charge in [-0.1, -0.05) is 23.7 Å². The number of hydrogen-bond acceptors (Lipinski definition) is 2. The number of alkyl halides is 3. The molecule has 0 aliphatic heterocycles. The Hall–Kier alpha value is -2.21. The van der Waals surface area contributed by atoms with Crippen LogP contribution in [0.2, 0.25) is 5.02 Å². The fourth-order valence-electron chi connectivity index (χ4n) is 2.01. The van der Waals surface area contributed by atoms with Crippen LogP contribution in [0.5, 0.6) is 5.75 Å². The van der Waals surface area contributed by atoms with Crippen molar-refractivity contribution >= 4 is 22.6 Å². The predicted molar refractivity (Wildman–Crippen MR) is 73.2 cm³/mol. The number of halogens is 4. The summed E-state index contributed by atoms with van der Waals surface area (Å²) in [5.41, 5.74) is 1.95. The molecule has 3 nitrogen and oxygen atoms in total. The summed E-state index contributed by atoms with van der Waals surface area (Å²) in [5.74, 6) is -0.280. The largest absolute Gasteiger partial charge is 0.573 e. The van der Waals surface area contributed by atoms with Gasteiger partial charge in [0.25, 0.3) is 0 Å². The summed E-state index contributed by atoms with van der Waals surface area (Å²) in [4.78, 5) is 7.14. The Morgan fingerprint density at radius 1 is 1.10 bits per heavy atom. The van der Waals surface area contributed by atoms with Gasteiger partial charge in [-0.25, -0.2) is 4.98 Å². The molecule has 2 heterocycles. The summed E-state index contributed by atoms with van der Waals surface area (Å²) in [5, 5.41) is 1.25. The van der Waals surface area contributed by atoms with Crippen molar-refractivity contribution in [3.05, 3.63) is 47.7 Å². The monoisotopic (exact) mass is 312 g/mol. The molecule has 1 N–H and O–H groups in total. The van der Waals surface area contributed by atoms with E-state index >= 15 is 0 Å². The molecule has 1 aromatic carbocycles. The van der Waals surface area contributed by atoms with Gasteiger partial charge < -0.3 is 9.72 Å². The van der Waals surface area contributed by atoms with Crippen molar-refractivity contribution in [3.8, 4) is 16.9 Å². The van der Waals surface area contributed by atoms with E-state index in [1.165, 1.54) is 24.3 Å². The number of fused-ring (bicyclic) bond motifs is 1. The molecule has 0 saturated heterocycles. The lowest BCUT2D eigenvalue weighted by Gasteiger charge is -2.10. The highest BCUT2D eigenvalue weighted by Crippen LogP contribution is 2.34. The molecule has 3 aromatic rings. The van der Waals surface area contributed by atoms with E-state index in [9.17, 15) is 13.2 Å². The van der Waals surface area contributed by atoms with Gasteiger partial charge in [0.1, 0.15) is 11.4 Å². The molecule has 0 saturated carbocycles. The third-order valence-corrected chi connectivity index (χ3v) is 3.33. The molecule has 21 heavy (non-hydrogen) atoms. The van der Waals surface area contributed by atoms with Crippen molar-refractivity contribution in [1.82, 2.24) is 9.97 Å². The van der Waals surface area contributed by atoms with E-state index in [2.05, 4.69) is 14.7 Å². The number of hydrogen-bond donors (Lipinski definition) is 1. The van der Waals surface area contributed by atoms with Gasteiger partial charge in [-0.3, -0.25) is 0 Å². The second-order valence-corrected chi connectivity index (χ2v) is 4.68. The van der Waals surface area contributed by atoms with E-state index < -0.39 is 6.36 Å². The van der Waals surface area contributed by atoms with E-state index in [1.54, 1.807) is 18.5 Å². The van der Waals surface area contributed by atoms with Gasteiger partial charge in [0, 0.05) is 23.3 Å². The number of rotatable bonds is 2. The second kappa shape index (κ2) is 4.96. The molecule has 3 rings (SSSR count). The van der Waals surface area contributed by atoms with Crippen molar-refractivity contribution in [3.63, 3.8) is 0 Å². The Kier molecular flexibility index (Phi) is 3.25. The molecule has 0 radical (unpaired) electrons. The summed E-state index contributed by atoms with van der Waals surface area (Å²) in [6, 6.07) is 7.27. The molecule has 0 bridgehead atoms. The maximum absolute atomic E-state index is 12.1. The van der Waals surface area contributed by atoms with E-state index in [1.807, 2.05) is 0 Å². The first-order valence-electron chi connectivity index (χ1n) is 5.92. The van der Waals surface area contributed by atoms with Crippen LogP contribution in [0.1, 0.15) is 0 Å². The topological polar surface area (TPSA) is 37.9 Å². The van der Waals surface area contributed by atoms with Gasteiger partial charge in [-0.15, -0.1) is 13.2 Å². The standard InChI is InChI=1S/C14H8ClF3N2O/c15-12-10-5-6-19-13(10)20-7-11(12)8-1-3-9(4-2-8)21-14(16,17)18/h1-7H,(H,19,20). The zero-order valence-corrected chi connectivity index (χ0v) is 11.2. The SMILES string of the molecule is FC(F)(F)Oc1ccc(-c2cnc3[nH]ccc3c2Cl)cc1. The van der Waals surface area contributed by atoms with Crippen LogP contribution in [0.25, 0.3) is 22.2 Å². The minimum atomic E-state index is -4.70. The molecule has 2 aromatic heterocycles. The van der Waals surface area contributed by atoms with Crippen molar-refractivity contribution < 1.29 is 17.9 Å². The summed E-state index contributed by atoms with van der Waals surface area (Å²) in [7, 11) is 0. The number of ether oxygens (including phenoxy) is 1. The molecule has 0 amide bonds. The van der Waals surface area contributed by atoms with Crippen LogP contribution >= 0.6 is 11.6 Å². The molecule has 108 valence electrons. The highest BCUT2D eigenvalue weighted by molar-refractivity contribution is 6.37. The van der Waals surface area contributed by atoms with Crippen molar-refractivity contribution in [1.29, 1.82) is 0 Å². The molecule has 7 heteroatoms. The van der Waals surface area contributed by atoms with Crippen molar-refractivity contribution in [2.45, 2.75) is 6.36 Å². The average molecular weight is 313 g/mol. The van der Waals surface area contributed by atoms with Crippen LogP contribution < -0.4 is 4.74 Å². The van der Waals surface area contributed by atoms with E-state index in [0.717, 1.165) is 5.39 Å². The predicted octanol–water partition coefficient (Wildman–Crippen LogP) is 4.78. The highest BCUT2D eigenvalue weighted by Gasteiger charge is 2.31. The number of nitrogens with one attached hydrogen (secondary N) is 1. The third-order valence-electron chi connectivity index (χ3n) is 2.92. The first-order chi connectivity index (χ1) is 9.94. The lowest BCUT2D eigenvalue weighted by Crippen LogP contribution is -2.16. The van der Waals surface area contributed by atoms with Gasteiger partial charge in [0.05, 0.1) is 5.02 Å². The average Bonchev–Trinajstić information content (AvgIpc) is 2.88. The molecule has 0 atom stereocenters. The number of nitrogens with zero attached hydrogens (tertiary/aromatic N) is 1. The maximum Gasteiger partial charge on any atom is 0.573 e. The van der Waals surface area contributed by atoms with Crippen LogP contribution in [0.4, 0.5) is 13.2 Å². The maximum atomic E-state index is 12.1. The Bertz CT molecular complexity index is 781. The lowest BCUT2D eigenvalue weighted by molar-refractivity contribution is -0.274. The van der Waals surface area contributed by atoms with Crippen LogP contribution in [0.3, 0.4) is 0 Å². The van der Waals surface area contributed by atoms with Gasteiger partial charge in [0.2, 0.25) is 0 Å². The number of aromatic nitrogens is 2. The zero-order chi connectivity index (χ0) is 15.0. The molecule has 0 unspecified atom stereocenters. The Morgan fingerprint density at radius 2 is 1.81 bits per heavy atom. The second-order valence-electron chi connectivity index (χ2n) is 4.30. The quantitative estimate of drug-likeness (QED) is 0.739. The molecule has 0 aliphatic carbocycles. The molecular weight excluding hydrogens is 305 g/mol. The number of H-pyrrole nitrogens is 1. The number of pyridine rings is 1. The number of benzene rings is 1. The summed E-state index contributed by atoms with van der Waals surface area (Å²) < 4.78 is 40.2. The minimum Gasteiger partial charge on any atom is -0.406 e. The van der Waals surface area contributed by atoms with E-state index in [-0.39, 0.29) is 5.75 Å². The summed E-state index contributed by atoms with van der Waals surface area (Å²) in [6.45, 7) is 0. The van der Waals surface area contributed by atoms with Gasteiger partial charge in [-0.2, -0.15) is 0 Å². The Balaban J connectivity index is 1.97. The minimum absolute atomic E-state index is 0.280. The third kappa shape index (κ3) is 2.80. The van der Waals surface area contributed by atoms with Gasteiger partial charge in [0.15, 0.2) is 0 Å². The van der Waals surface area contributed by atoms with Crippen LogP contribution in [0, 0.1) is 0 Å². The fourth-order valence-corrected chi connectivity index (χ4v) is 2.32. The fraction of sp³-hybridized carbons (Fsp3) is 0.0714. The van der Waals surface area contributed by atoms with Crippen LogP contribution in [0.15, 0.2) is 42.7 Å². The van der Waals surface area contributed by atoms with Crippen LogP contribution in [-0.4, -0.2) is 16.3 Å². The van der Waals surface area contributed by atoms with Crippen LogP contribution in [-0.2, 0) is 0 Å². The van der Waals surface area contributed by atoms with Gasteiger partial charge in [-0.05, 0) is 23.8 Å². The van der Waals surface area contributed by atoms with E-state index in [0.29, 0.717) is 21.8 Å². The first kappa shape index (κ1) is 13.8. The normalized spacial score (nSPS) is 11.8. The molecule has 0 fully saturated rings. The summed E-state index contributed by atoms with van der Waals surface area (Å²) >= 11 is 6.29. The van der Waals surface area contributed by atoms with Crippen molar-refractivity contribution in [2.24, 2.45) is 0 Å². The van der Waals surface area contributed by atoms with Crippen molar-refractivity contribution in [2.75, 3.05) is 0 Å². The van der Waals surface area contributed by atoms with E-state index in [4.69, 9.17) is 11.6 Å². The zero-order valence-electron chi connectivity index (χ0n) is 10.4. The highest BCUT2D eigenvalue weighted by atomic mass is 35.5. The first-order valence-corrected chi connectivity index (χ1v) is 6.29. The van der Waals surface area contributed by atoms with Gasteiger partial charge >= 0.3 is 6.36 Å². The molecular formula is C14H8ClF3N2O. The lowest BCUT2D eigenvalue weighted by atomic mass is 10.1. The Labute approximate surface area is 122 Å². The number of aromatic amines is 1.